The summed E-state index contributed by atoms with van der Waals surface area (Å²) < 4.78 is 1.06. The van der Waals surface area contributed by atoms with Gasteiger partial charge in [-0.3, -0.25) is 4.79 Å². The Kier molecular flexibility index (Phi) is 8.18. The van der Waals surface area contributed by atoms with E-state index in [0.29, 0.717) is 6.42 Å². The van der Waals surface area contributed by atoms with Gasteiger partial charge in [-0.1, -0.05) is 25.8 Å². The molecule has 0 saturated carbocycles. The van der Waals surface area contributed by atoms with Crippen molar-refractivity contribution in [1.29, 1.82) is 0 Å². The molecule has 0 aromatic heterocycles. The van der Waals surface area contributed by atoms with Gasteiger partial charge in [0.2, 0.25) is 0 Å². The minimum Gasteiger partial charge on any atom is -0.331 e. The van der Waals surface area contributed by atoms with E-state index < -0.39 is 0 Å². The van der Waals surface area contributed by atoms with Crippen LogP contribution in [0.4, 0.5) is 0 Å². The molecule has 2 nitrogen and oxygen atoms in total. The first-order valence-corrected chi connectivity index (χ1v) is 6.41. The van der Waals surface area contributed by atoms with Crippen LogP contribution in [0, 0.1) is 0 Å². The predicted molar refractivity (Wildman–Crippen MR) is 70.4 cm³/mol. The molecule has 16 heavy (non-hydrogen) atoms. The van der Waals surface area contributed by atoms with Gasteiger partial charge in [0.1, 0.15) is 0 Å². The number of carbonyl (C=O) groups is 1. The van der Waals surface area contributed by atoms with E-state index in [1.165, 1.54) is 44.7 Å². The SMILES string of the molecule is C=CC(=O)CCCCCCCC[N+](C)(C)C. The Hall–Kier alpha value is -0.630. The van der Waals surface area contributed by atoms with E-state index in [2.05, 4.69) is 27.7 Å². The molecule has 0 radical (unpaired) electrons. The molecule has 0 atom stereocenters. The van der Waals surface area contributed by atoms with Gasteiger partial charge in [0.15, 0.2) is 5.78 Å². The molecule has 0 aliphatic carbocycles. The van der Waals surface area contributed by atoms with Crippen LogP contribution in [-0.4, -0.2) is 38.0 Å². The number of hydrogen-bond acceptors (Lipinski definition) is 1. The second-order valence-corrected chi connectivity index (χ2v) is 5.56. The summed E-state index contributed by atoms with van der Waals surface area (Å²) in [7, 11) is 6.71. The summed E-state index contributed by atoms with van der Waals surface area (Å²) >= 11 is 0. The number of rotatable bonds is 10. The van der Waals surface area contributed by atoms with E-state index in [1.54, 1.807) is 0 Å². The molecular weight excluding hydrogens is 198 g/mol. The van der Waals surface area contributed by atoms with E-state index in [9.17, 15) is 4.79 Å². The van der Waals surface area contributed by atoms with Gasteiger partial charge < -0.3 is 4.48 Å². The average Bonchev–Trinajstić information content (AvgIpc) is 2.20. The molecule has 0 rings (SSSR count). The van der Waals surface area contributed by atoms with Gasteiger partial charge in [-0.2, -0.15) is 0 Å². The molecule has 0 aromatic rings. The van der Waals surface area contributed by atoms with Crippen LogP contribution in [-0.2, 0) is 4.79 Å². The van der Waals surface area contributed by atoms with Crippen LogP contribution in [0.2, 0.25) is 0 Å². The van der Waals surface area contributed by atoms with Crippen LogP contribution in [0.15, 0.2) is 12.7 Å². The molecule has 0 aliphatic rings. The Labute approximate surface area is 101 Å². The highest BCUT2D eigenvalue weighted by molar-refractivity contribution is 5.88. The standard InChI is InChI=1S/C14H28NO/c1-5-14(16)12-10-8-6-7-9-11-13-15(2,3)4/h5H,1,6-13H2,2-4H3/q+1. The maximum Gasteiger partial charge on any atom is 0.155 e. The van der Waals surface area contributed by atoms with Crippen molar-refractivity contribution >= 4 is 5.78 Å². The molecule has 0 spiro atoms. The largest absolute Gasteiger partial charge is 0.331 e. The topological polar surface area (TPSA) is 17.1 Å². The third-order valence-electron chi connectivity index (χ3n) is 2.73. The van der Waals surface area contributed by atoms with Gasteiger partial charge in [-0.05, 0) is 25.3 Å². The van der Waals surface area contributed by atoms with Crippen molar-refractivity contribution in [1.82, 2.24) is 0 Å². The molecule has 2 heteroatoms. The molecule has 0 amide bonds. The van der Waals surface area contributed by atoms with E-state index in [0.717, 1.165) is 10.9 Å². The predicted octanol–water partition coefficient (Wildman–Crippen LogP) is 3.18. The van der Waals surface area contributed by atoms with Crippen LogP contribution in [0.25, 0.3) is 0 Å². The fourth-order valence-corrected chi connectivity index (χ4v) is 1.69. The Morgan fingerprint density at radius 1 is 1.00 bits per heavy atom. The number of unbranched alkanes of at least 4 members (excludes halogenated alkanes) is 5. The number of hydrogen-bond donors (Lipinski definition) is 0. The fourth-order valence-electron chi connectivity index (χ4n) is 1.69. The third-order valence-corrected chi connectivity index (χ3v) is 2.73. The normalized spacial score (nSPS) is 11.4. The molecule has 0 unspecified atom stereocenters. The molecule has 0 heterocycles. The molecule has 0 N–H and O–H groups in total. The molecule has 0 aliphatic heterocycles. The quantitative estimate of drug-likeness (QED) is 0.318. The van der Waals surface area contributed by atoms with Crippen molar-refractivity contribution in [3.8, 4) is 0 Å². The molecule has 0 aromatic carbocycles. The second kappa shape index (κ2) is 8.51. The van der Waals surface area contributed by atoms with E-state index in [-0.39, 0.29) is 5.78 Å². The Balaban J connectivity index is 3.16. The summed E-state index contributed by atoms with van der Waals surface area (Å²) in [6.07, 6.45) is 9.54. The Morgan fingerprint density at radius 3 is 2.00 bits per heavy atom. The first-order chi connectivity index (χ1) is 7.45. The lowest BCUT2D eigenvalue weighted by Gasteiger charge is -2.23. The van der Waals surface area contributed by atoms with Crippen molar-refractivity contribution in [3.63, 3.8) is 0 Å². The monoisotopic (exact) mass is 226 g/mol. The number of carbonyl (C=O) groups excluding carboxylic acids is 1. The summed E-state index contributed by atoms with van der Waals surface area (Å²) in [5.74, 6) is 0.185. The minimum atomic E-state index is 0.185. The number of quaternary nitrogens is 1. The zero-order chi connectivity index (χ0) is 12.4. The molecule has 0 fully saturated rings. The summed E-state index contributed by atoms with van der Waals surface area (Å²) in [6, 6.07) is 0. The van der Waals surface area contributed by atoms with Crippen LogP contribution in [0.5, 0.6) is 0 Å². The average molecular weight is 226 g/mol. The highest BCUT2D eigenvalue weighted by atomic mass is 16.1. The highest BCUT2D eigenvalue weighted by Crippen LogP contribution is 2.08. The number of ketones is 1. The van der Waals surface area contributed by atoms with Gasteiger partial charge in [0.25, 0.3) is 0 Å². The summed E-state index contributed by atoms with van der Waals surface area (Å²) in [6.45, 7) is 4.73. The van der Waals surface area contributed by atoms with Crippen molar-refractivity contribution in [2.45, 2.75) is 44.9 Å². The zero-order valence-corrected chi connectivity index (χ0v) is 11.3. The van der Waals surface area contributed by atoms with Crippen molar-refractivity contribution in [2.75, 3.05) is 27.7 Å². The smallest absolute Gasteiger partial charge is 0.155 e. The summed E-state index contributed by atoms with van der Waals surface area (Å²) in [4.78, 5) is 10.9. The van der Waals surface area contributed by atoms with Gasteiger partial charge in [0.05, 0.1) is 27.7 Å². The maximum absolute atomic E-state index is 10.9. The molecular formula is C14H28NO+. The van der Waals surface area contributed by atoms with Gasteiger partial charge in [0, 0.05) is 6.42 Å². The highest BCUT2D eigenvalue weighted by Gasteiger charge is 2.05. The van der Waals surface area contributed by atoms with Gasteiger partial charge in [-0.15, -0.1) is 0 Å². The van der Waals surface area contributed by atoms with Crippen molar-refractivity contribution in [3.05, 3.63) is 12.7 Å². The van der Waals surface area contributed by atoms with Crippen LogP contribution in [0.3, 0.4) is 0 Å². The lowest BCUT2D eigenvalue weighted by Crippen LogP contribution is -2.35. The van der Waals surface area contributed by atoms with Crippen molar-refractivity contribution < 1.29 is 9.28 Å². The second-order valence-electron chi connectivity index (χ2n) is 5.56. The first kappa shape index (κ1) is 15.4. The van der Waals surface area contributed by atoms with E-state index in [4.69, 9.17) is 0 Å². The number of nitrogens with zero attached hydrogens (tertiary/aromatic N) is 1. The number of allylic oxidation sites excluding steroid dienone is 1. The lowest BCUT2D eigenvalue weighted by atomic mass is 10.1. The van der Waals surface area contributed by atoms with Crippen LogP contribution in [0.1, 0.15) is 44.9 Å². The van der Waals surface area contributed by atoms with Gasteiger partial charge >= 0.3 is 0 Å². The lowest BCUT2D eigenvalue weighted by molar-refractivity contribution is -0.870. The van der Waals surface area contributed by atoms with Gasteiger partial charge in [-0.25, -0.2) is 0 Å². The first-order valence-electron chi connectivity index (χ1n) is 6.41. The summed E-state index contributed by atoms with van der Waals surface area (Å²) in [5, 5.41) is 0. The molecule has 0 saturated heterocycles. The molecule has 94 valence electrons. The molecule has 0 bridgehead atoms. The van der Waals surface area contributed by atoms with E-state index in [1.807, 2.05) is 0 Å². The fraction of sp³-hybridized carbons (Fsp3) is 0.786. The van der Waals surface area contributed by atoms with Crippen molar-refractivity contribution in [2.24, 2.45) is 0 Å². The van der Waals surface area contributed by atoms with E-state index >= 15 is 0 Å². The minimum absolute atomic E-state index is 0.185. The Morgan fingerprint density at radius 2 is 1.50 bits per heavy atom. The van der Waals surface area contributed by atoms with Crippen LogP contribution >= 0.6 is 0 Å². The maximum atomic E-state index is 10.9. The zero-order valence-electron chi connectivity index (χ0n) is 11.3. The van der Waals surface area contributed by atoms with Crippen LogP contribution < -0.4 is 0 Å². The summed E-state index contributed by atoms with van der Waals surface area (Å²) in [5.41, 5.74) is 0. The third kappa shape index (κ3) is 11.4. The Bertz CT molecular complexity index is 203.